The van der Waals surface area contributed by atoms with Crippen molar-refractivity contribution < 1.29 is 44.7 Å². The van der Waals surface area contributed by atoms with Crippen molar-refractivity contribution >= 4 is 5.97 Å². The van der Waals surface area contributed by atoms with Gasteiger partial charge in [0.15, 0.2) is 0 Å². The van der Waals surface area contributed by atoms with Crippen molar-refractivity contribution in [3.63, 3.8) is 0 Å². The van der Waals surface area contributed by atoms with Crippen molar-refractivity contribution in [1.29, 1.82) is 0 Å². The van der Waals surface area contributed by atoms with Crippen molar-refractivity contribution in [2.45, 2.75) is 18.9 Å². The molecule has 1 unspecified atom stereocenters. The third-order valence-corrected chi connectivity index (χ3v) is 1.50. The van der Waals surface area contributed by atoms with E-state index in [0.29, 0.717) is 13.0 Å². The zero-order valence-electron chi connectivity index (χ0n) is 5.91. The molecule has 0 spiro atoms. The molecule has 1 atom stereocenters. The van der Waals surface area contributed by atoms with Crippen LogP contribution in [0.2, 0.25) is 0 Å². The number of carbonyl (C=O) groups is 1. The van der Waals surface area contributed by atoms with E-state index in [1.165, 1.54) is 0 Å². The first-order valence-corrected chi connectivity index (χ1v) is 2.88. The number of carbonyl (C=O) groups excluding carboxylic acids is 1. The molecule has 1 aliphatic heterocycles. The van der Waals surface area contributed by atoms with Gasteiger partial charge in [-0.2, -0.15) is 5.06 Å². The van der Waals surface area contributed by atoms with Crippen LogP contribution in [-0.4, -0.2) is 28.8 Å². The Bertz CT molecular complexity index is 130. The van der Waals surface area contributed by atoms with Crippen LogP contribution in [-0.2, 0) is 4.79 Å². The molecule has 0 saturated carbocycles. The Morgan fingerprint density at radius 2 is 2.30 bits per heavy atom. The molecule has 0 aliphatic carbocycles. The average Bonchev–Trinajstić information content (AvgIpc) is 2.13. The molecule has 1 rings (SSSR count). The molecule has 4 nitrogen and oxygen atoms in total. The van der Waals surface area contributed by atoms with Gasteiger partial charge < -0.3 is 15.1 Å². The summed E-state index contributed by atoms with van der Waals surface area (Å²) in [6.45, 7) is 0.443. The van der Waals surface area contributed by atoms with Crippen LogP contribution < -0.4 is 34.7 Å². The Balaban J connectivity index is 0.000000810. The zero-order valence-corrected chi connectivity index (χ0v) is 7.91. The minimum atomic E-state index is -1.19. The maximum atomic E-state index is 10.1. The minimum absolute atomic E-state index is 0. The van der Waals surface area contributed by atoms with Crippen LogP contribution in [0.5, 0.6) is 0 Å². The Morgan fingerprint density at radius 3 is 2.50 bits per heavy atom. The van der Waals surface area contributed by atoms with Crippen LogP contribution in [0.15, 0.2) is 0 Å². The van der Waals surface area contributed by atoms with Gasteiger partial charge in [0.1, 0.15) is 0 Å². The van der Waals surface area contributed by atoms with Gasteiger partial charge in [-0.3, -0.25) is 0 Å². The maximum absolute atomic E-state index is 10.1. The summed E-state index contributed by atoms with van der Waals surface area (Å²) in [5.41, 5.74) is 0. The second kappa shape index (κ2) is 4.31. The molecule has 1 fully saturated rings. The number of carboxylic acid groups (broad SMARTS) is 1. The van der Waals surface area contributed by atoms with Gasteiger partial charge in [0.2, 0.25) is 0 Å². The van der Waals surface area contributed by atoms with E-state index in [9.17, 15) is 9.90 Å². The number of hydroxylamine groups is 2. The second-order valence-electron chi connectivity index (χ2n) is 2.14. The number of rotatable bonds is 1. The largest absolute Gasteiger partial charge is 1.00 e. The molecule has 10 heavy (non-hydrogen) atoms. The van der Waals surface area contributed by atoms with Crippen LogP contribution in [0.3, 0.4) is 0 Å². The van der Waals surface area contributed by atoms with Crippen LogP contribution >= 0.6 is 0 Å². The fraction of sp³-hybridized carbons (Fsp3) is 0.800. The first kappa shape index (κ1) is 10.4. The SMILES string of the molecule is O=C([O-])C1CCCN1O.[Na+]. The summed E-state index contributed by atoms with van der Waals surface area (Å²) in [5.74, 6) is -1.19. The molecule has 0 aromatic heterocycles. The monoisotopic (exact) mass is 153 g/mol. The smallest absolute Gasteiger partial charge is 0.548 e. The maximum Gasteiger partial charge on any atom is 1.00 e. The topological polar surface area (TPSA) is 63.6 Å². The fourth-order valence-corrected chi connectivity index (χ4v) is 0.991. The van der Waals surface area contributed by atoms with Gasteiger partial charge >= 0.3 is 29.6 Å². The van der Waals surface area contributed by atoms with E-state index < -0.39 is 12.0 Å². The van der Waals surface area contributed by atoms with Crippen molar-refractivity contribution in [1.82, 2.24) is 5.06 Å². The van der Waals surface area contributed by atoms with E-state index in [2.05, 4.69) is 0 Å². The van der Waals surface area contributed by atoms with Gasteiger partial charge in [0.05, 0.1) is 12.0 Å². The van der Waals surface area contributed by atoms with Crippen LogP contribution in [0.1, 0.15) is 12.8 Å². The second-order valence-corrected chi connectivity index (χ2v) is 2.14. The Hall–Kier alpha value is 0.390. The van der Waals surface area contributed by atoms with E-state index in [1.807, 2.05) is 0 Å². The van der Waals surface area contributed by atoms with Crippen LogP contribution in [0, 0.1) is 0 Å². The van der Waals surface area contributed by atoms with Gasteiger partial charge in [0, 0.05) is 6.54 Å². The number of hydrogen-bond donors (Lipinski definition) is 1. The Labute approximate surface area is 81.1 Å². The molecular weight excluding hydrogens is 145 g/mol. The first-order chi connectivity index (χ1) is 4.22. The molecule has 0 radical (unpaired) electrons. The number of nitrogens with zero attached hydrogens (tertiary/aromatic N) is 1. The normalized spacial score (nSPS) is 25.9. The number of hydrogen-bond acceptors (Lipinski definition) is 4. The van der Waals surface area contributed by atoms with E-state index in [4.69, 9.17) is 5.21 Å². The third-order valence-electron chi connectivity index (χ3n) is 1.50. The van der Waals surface area contributed by atoms with Gasteiger partial charge in [-0.25, -0.2) is 0 Å². The average molecular weight is 153 g/mol. The zero-order chi connectivity index (χ0) is 6.85. The van der Waals surface area contributed by atoms with Gasteiger partial charge in [-0.1, -0.05) is 0 Å². The summed E-state index contributed by atoms with van der Waals surface area (Å²) in [6.07, 6.45) is 1.23. The molecule has 52 valence electrons. The Morgan fingerprint density at radius 1 is 1.70 bits per heavy atom. The molecule has 1 N–H and O–H groups in total. The van der Waals surface area contributed by atoms with Crippen molar-refractivity contribution in [2.75, 3.05) is 6.54 Å². The number of aliphatic carboxylic acids is 1. The minimum Gasteiger partial charge on any atom is -0.548 e. The van der Waals surface area contributed by atoms with Gasteiger partial charge in [-0.15, -0.1) is 0 Å². The fourth-order valence-electron chi connectivity index (χ4n) is 0.991. The van der Waals surface area contributed by atoms with Crippen LogP contribution in [0.4, 0.5) is 0 Å². The number of carboxylic acids is 1. The molecule has 0 aromatic rings. The summed E-state index contributed by atoms with van der Waals surface area (Å²) in [7, 11) is 0. The van der Waals surface area contributed by atoms with Crippen molar-refractivity contribution in [3.05, 3.63) is 0 Å². The molecular formula is C5H8NNaO3. The molecule has 0 bridgehead atoms. The summed E-state index contributed by atoms with van der Waals surface area (Å²) in [6, 6.07) is -0.773. The predicted molar refractivity (Wildman–Crippen MR) is 26.5 cm³/mol. The van der Waals surface area contributed by atoms with Crippen LogP contribution in [0.25, 0.3) is 0 Å². The molecule has 5 heteroatoms. The summed E-state index contributed by atoms with van der Waals surface area (Å²) < 4.78 is 0. The van der Waals surface area contributed by atoms with Crippen molar-refractivity contribution in [3.8, 4) is 0 Å². The molecule has 0 amide bonds. The summed E-state index contributed by atoms with van der Waals surface area (Å²) >= 11 is 0. The molecule has 1 heterocycles. The van der Waals surface area contributed by atoms with E-state index in [0.717, 1.165) is 11.5 Å². The van der Waals surface area contributed by atoms with Crippen molar-refractivity contribution in [2.24, 2.45) is 0 Å². The molecule has 1 saturated heterocycles. The third kappa shape index (κ3) is 2.21. The Kier molecular flexibility index (Phi) is 4.47. The van der Waals surface area contributed by atoms with Gasteiger partial charge in [0.25, 0.3) is 0 Å². The summed E-state index contributed by atoms with van der Waals surface area (Å²) in [5, 5.41) is 19.7. The molecule has 1 aliphatic rings. The summed E-state index contributed by atoms with van der Waals surface area (Å²) in [4.78, 5) is 10.1. The predicted octanol–water partition coefficient (Wildman–Crippen LogP) is -4.41. The quantitative estimate of drug-likeness (QED) is 0.386. The first-order valence-electron chi connectivity index (χ1n) is 2.88. The van der Waals surface area contributed by atoms with Gasteiger partial charge in [-0.05, 0) is 12.8 Å². The molecule has 0 aromatic carbocycles. The van der Waals surface area contributed by atoms with E-state index in [1.54, 1.807) is 0 Å². The van der Waals surface area contributed by atoms with E-state index in [-0.39, 0.29) is 29.6 Å². The standard InChI is InChI=1S/C5H9NO3.Na/c7-5(8)4-2-1-3-6(4)9;/h4,9H,1-3H2,(H,7,8);/q;+1/p-1. The van der Waals surface area contributed by atoms with E-state index >= 15 is 0 Å².